The Kier molecular flexibility index (Phi) is 12.1. The molecule has 1 saturated carbocycles. The normalized spacial score (nSPS) is 14.1. The lowest BCUT2D eigenvalue weighted by atomic mass is 9.94. The van der Waals surface area contributed by atoms with Gasteiger partial charge in [0, 0.05) is 24.0 Å². The summed E-state index contributed by atoms with van der Waals surface area (Å²) in [5.74, 6) is -0.469. The van der Waals surface area contributed by atoms with Crippen molar-refractivity contribution >= 4 is 39.1 Å². The van der Waals surface area contributed by atoms with Crippen molar-refractivity contribution in [3.05, 3.63) is 125 Å². The molecule has 1 aliphatic carbocycles. The molecule has 0 bridgehead atoms. The Bertz CT molecular complexity index is 1750. The van der Waals surface area contributed by atoms with Gasteiger partial charge in [-0.1, -0.05) is 104 Å². The zero-order valence-corrected chi connectivity index (χ0v) is 28.7. The monoisotopic (exact) mass is 687 g/mol. The number of hydrogen-bond donors (Lipinski definition) is 1. The first-order chi connectivity index (χ1) is 23.3. The molecule has 0 spiro atoms. The van der Waals surface area contributed by atoms with Crippen LogP contribution in [0.3, 0.4) is 0 Å². The highest BCUT2D eigenvalue weighted by Crippen LogP contribution is 2.33. The fourth-order valence-corrected chi connectivity index (χ4v) is 7.63. The van der Waals surface area contributed by atoms with Gasteiger partial charge in [0.1, 0.15) is 18.3 Å². The number of carbonyl (C=O) groups is 2. The van der Waals surface area contributed by atoms with Crippen molar-refractivity contribution in [1.29, 1.82) is 0 Å². The summed E-state index contributed by atoms with van der Waals surface area (Å²) >= 11 is 6.20. The average molecular weight is 688 g/mol. The number of carbonyl (C=O) groups excluding carboxylic acids is 2. The van der Waals surface area contributed by atoms with Gasteiger partial charge in [-0.2, -0.15) is 0 Å². The van der Waals surface area contributed by atoms with Crippen LogP contribution >= 0.6 is 11.6 Å². The Morgan fingerprint density at radius 2 is 1.46 bits per heavy atom. The molecule has 1 atom stereocenters. The minimum Gasteiger partial charge on any atom is -0.492 e. The van der Waals surface area contributed by atoms with Gasteiger partial charge >= 0.3 is 0 Å². The third-order valence-electron chi connectivity index (χ3n) is 8.53. The second kappa shape index (κ2) is 16.7. The molecular formula is C38H42ClN3O5S. The summed E-state index contributed by atoms with van der Waals surface area (Å²) < 4.78 is 35.5. The zero-order valence-electron chi connectivity index (χ0n) is 27.1. The number of amides is 2. The minimum absolute atomic E-state index is 0.0185. The Balaban J connectivity index is 1.58. The maximum absolute atomic E-state index is 14.7. The van der Waals surface area contributed by atoms with Crippen molar-refractivity contribution in [3.63, 3.8) is 0 Å². The first kappa shape index (κ1) is 35.0. The standard InChI is InChI=1S/C38H42ClN3O5S/c1-2-47-36-21-13-12-20-34(36)42(48(45,46)33-18-10-5-11-19-33)28-37(43)41(27-30-22-24-31(39)25-23-30)35(26-29-14-6-3-7-15-29)38(44)40-32-16-8-4-9-17-32/h3,5-7,10-15,18-25,32,35H,2,4,8-9,16-17,26-28H2,1H3,(H,40,44). The van der Waals surface area contributed by atoms with Crippen LogP contribution in [0.5, 0.6) is 5.75 Å². The largest absolute Gasteiger partial charge is 0.492 e. The predicted molar refractivity (Wildman–Crippen MR) is 190 cm³/mol. The predicted octanol–water partition coefficient (Wildman–Crippen LogP) is 7.02. The summed E-state index contributed by atoms with van der Waals surface area (Å²) in [6.45, 7) is 1.62. The summed E-state index contributed by atoms with van der Waals surface area (Å²) in [6, 6.07) is 30.5. The summed E-state index contributed by atoms with van der Waals surface area (Å²) in [5.41, 5.74) is 1.86. The van der Waals surface area contributed by atoms with Gasteiger partial charge in [0.05, 0.1) is 17.2 Å². The van der Waals surface area contributed by atoms with E-state index in [0.717, 1.165) is 47.5 Å². The summed E-state index contributed by atoms with van der Waals surface area (Å²) in [5, 5.41) is 3.77. The fraction of sp³-hybridized carbons (Fsp3) is 0.316. The van der Waals surface area contributed by atoms with Gasteiger partial charge in [-0.15, -0.1) is 0 Å². The molecule has 1 N–H and O–H groups in total. The quantitative estimate of drug-likeness (QED) is 0.154. The lowest BCUT2D eigenvalue weighted by Crippen LogP contribution is -2.55. The van der Waals surface area contributed by atoms with Crippen molar-refractivity contribution in [2.45, 2.75) is 69.0 Å². The number of rotatable bonds is 14. The topological polar surface area (TPSA) is 96.0 Å². The Hall–Kier alpha value is -4.34. The molecule has 252 valence electrons. The molecule has 0 aliphatic heterocycles. The van der Waals surface area contributed by atoms with Crippen molar-refractivity contribution in [2.24, 2.45) is 0 Å². The van der Waals surface area contributed by atoms with Crippen LogP contribution in [0.1, 0.15) is 50.2 Å². The van der Waals surface area contributed by atoms with E-state index >= 15 is 0 Å². The first-order valence-electron chi connectivity index (χ1n) is 16.4. The van der Waals surface area contributed by atoms with Crippen LogP contribution in [0.25, 0.3) is 0 Å². The van der Waals surface area contributed by atoms with Crippen molar-refractivity contribution in [1.82, 2.24) is 10.2 Å². The number of benzene rings is 4. The van der Waals surface area contributed by atoms with Gasteiger partial charge in [0.25, 0.3) is 10.0 Å². The van der Waals surface area contributed by atoms with E-state index in [2.05, 4.69) is 5.32 Å². The lowest BCUT2D eigenvalue weighted by Gasteiger charge is -2.35. The number of nitrogens with zero attached hydrogens (tertiary/aromatic N) is 2. The van der Waals surface area contributed by atoms with Crippen molar-refractivity contribution < 1.29 is 22.7 Å². The van der Waals surface area contributed by atoms with Crippen LogP contribution < -0.4 is 14.4 Å². The van der Waals surface area contributed by atoms with Crippen LogP contribution in [0, 0.1) is 0 Å². The molecule has 4 aromatic rings. The molecule has 10 heteroatoms. The maximum Gasteiger partial charge on any atom is 0.264 e. The molecule has 0 saturated heterocycles. The number of halogens is 1. The summed E-state index contributed by atoms with van der Waals surface area (Å²) in [4.78, 5) is 30.5. The molecule has 5 rings (SSSR count). The van der Waals surface area contributed by atoms with Gasteiger partial charge < -0.3 is 15.0 Å². The molecule has 1 aliphatic rings. The van der Waals surface area contributed by atoms with E-state index in [9.17, 15) is 18.0 Å². The van der Waals surface area contributed by atoms with Crippen molar-refractivity contribution in [2.75, 3.05) is 17.5 Å². The Morgan fingerprint density at radius 1 is 0.833 bits per heavy atom. The number of sulfonamides is 1. The summed E-state index contributed by atoms with van der Waals surface area (Å²) in [6.07, 6.45) is 5.22. The van der Waals surface area contributed by atoms with Gasteiger partial charge in [0.2, 0.25) is 11.8 Å². The maximum atomic E-state index is 14.7. The van der Waals surface area contributed by atoms with Crippen LogP contribution in [0.4, 0.5) is 5.69 Å². The first-order valence-corrected chi connectivity index (χ1v) is 18.3. The third kappa shape index (κ3) is 8.96. The molecule has 2 amide bonds. The van der Waals surface area contributed by atoms with E-state index in [1.165, 1.54) is 17.0 Å². The number of ether oxygens (including phenoxy) is 1. The van der Waals surface area contributed by atoms with E-state index < -0.39 is 28.5 Å². The van der Waals surface area contributed by atoms with Gasteiger partial charge in [-0.25, -0.2) is 8.42 Å². The second-order valence-corrected chi connectivity index (χ2v) is 14.2. The zero-order chi connectivity index (χ0) is 33.9. The fourth-order valence-electron chi connectivity index (χ4n) is 6.06. The highest BCUT2D eigenvalue weighted by molar-refractivity contribution is 7.92. The summed E-state index contributed by atoms with van der Waals surface area (Å²) in [7, 11) is -4.24. The molecule has 1 fully saturated rings. The van der Waals surface area contributed by atoms with Crippen molar-refractivity contribution in [3.8, 4) is 5.75 Å². The molecule has 1 unspecified atom stereocenters. The van der Waals surface area contributed by atoms with Crippen LogP contribution in [-0.4, -0.2) is 50.4 Å². The Morgan fingerprint density at radius 3 is 2.12 bits per heavy atom. The molecule has 8 nitrogen and oxygen atoms in total. The van der Waals surface area contributed by atoms with E-state index in [-0.39, 0.29) is 35.5 Å². The molecule has 4 aromatic carbocycles. The Labute approximate surface area is 288 Å². The van der Waals surface area contributed by atoms with E-state index in [0.29, 0.717) is 17.4 Å². The second-order valence-electron chi connectivity index (χ2n) is 11.9. The molecule has 0 radical (unpaired) electrons. The van der Waals surface area contributed by atoms with Gasteiger partial charge in [-0.05, 0) is 67.3 Å². The highest BCUT2D eigenvalue weighted by atomic mass is 35.5. The number of para-hydroxylation sites is 2. The van der Waals surface area contributed by atoms with Gasteiger partial charge in [0.15, 0.2) is 0 Å². The van der Waals surface area contributed by atoms with Crippen LogP contribution in [-0.2, 0) is 32.6 Å². The lowest BCUT2D eigenvalue weighted by molar-refractivity contribution is -0.140. The highest BCUT2D eigenvalue weighted by Gasteiger charge is 2.36. The minimum atomic E-state index is -4.24. The van der Waals surface area contributed by atoms with Gasteiger partial charge in [-0.3, -0.25) is 13.9 Å². The van der Waals surface area contributed by atoms with E-state index in [1.54, 1.807) is 54.6 Å². The average Bonchev–Trinajstić information content (AvgIpc) is 3.11. The van der Waals surface area contributed by atoms with E-state index in [4.69, 9.17) is 16.3 Å². The number of nitrogens with one attached hydrogen (secondary N) is 1. The number of anilines is 1. The van der Waals surface area contributed by atoms with Crippen LogP contribution in [0.2, 0.25) is 5.02 Å². The SMILES string of the molecule is CCOc1ccccc1N(CC(=O)N(Cc1ccc(Cl)cc1)C(Cc1ccccc1)C(=O)NC1CCCCC1)S(=O)(=O)c1ccccc1. The molecule has 0 heterocycles. The van der Waals surface area contributed by atoms with Crippen LogP contribution in [0.15, 0.2) is 114 Å². The molecular weight excluding hydrogens is 646 g/mol. The molecule has 48 heavy (non-hydrogen) atoms. The van der Waals surface area contributed by atoms with E-state index in [1.807, 2.05) is 49.4 Å². The molecule has 0 aromatic heterocycles. The third-order valence-corrected chi connectivity index (χ3v) is 10.6. The number of hydrogen-bond acceptors (Lipinski definition) is 5. The smallest absolute Gasteiger partial charge is 0.264 e.